The Morgan fingerprint density at radius 3 is 2.40 bits per heavy atom. The van der Waals surface area contributed by atoms with Crippen molar-refractivity contribution in [3.05, 3.63) is 41.9 Å². The summed E-state index contributed by atoms with van der Waals surface area (Å²) >= 11 is 0. The topological polar surface area (TPSA) is 132 Å². The molecule has 47 heavy (non-hydrogen) atoms. The molecule has 3 aromatic rings. The van der Waals surface area contributed by atoms with Gasteiger partial charge in [-0.15, -0.1) is 0 Å². The van der Waals surface area contributed by atoms with Gasteiger partial charge < -0.3 is 20.3 Å². The van der Waals surface area contributed by atoms with Gasteiger partial charge in [0.05, 0.1) is 42.2 Å². The molecule has 4 heterocycles. The van der Waals surface area contributed by atoms with Crippen LogP contribution in [0.4, 0.5) is 26.7 Å². The van der Waals surface area contributed by atoms with Crippen LogP contribution in [0.25, 0.3) is 5.65 Å². The molecule has 1 aliphatic heterocycles. The monoisotopic (exact) mass is 663 g/mol. The highest BCUT2D eigenvalue weighted by Crippen LogP contribution is 2.44. The smallest absolute Gasteiger partial charge is 0.382 e. The number of halogens is 5. The Bertz CT molecular complexity index is 1630. The zero-order chi connectivity index (χ0) is 35.3. The lowest BCUT2D eigenvalue weighted by Gasteiger charge is -2.57. The molecule has 0 aliphatic carbocycles. The first-order chi connectivity index (χ1) is 21.6. The Labute approximate surface area is 272 Å². The third-order valence-corrected chi connectivity index (χ3v) is 8.93. The molecular formula is C26H38B4F5N9O3. The Morgan fingerprint density at radius 2 is 1.81 bits per heavy atom. The summed E-state index contributed by atoms with van der Waals surface area (Å²) in [7, 11) is 6.45. The van der Waals surface area contributed by atoms with E-state index < -0.39 is 52.2 Å². The lowest BCUT2D eigenvalue weighted by atomic mass is 9.43. The third kappa shape index (κ3) is 6.59. The van der Waals surface area contributed by atoms with Gasteiger partial charge in [-0.05, 0) is 32.8 Å². The van der Waals surface area contributed by atoms with E-state index in [1.807, 2.05) is 0 Å². The number of hydrogen-bond acceptors (Lipinski definition) is 7. The van der Waals surface area contributed by atoms with Crippen LogP contribution in [0.15, 0.2) is 24.8 Å². The number of aromatic nitrogens is 6. The van der Waals surface area contributed by atoms with Gasteiger partial charge in [0.1, 0.15) is 37.7 Å². The second kappa shape index (κ2) is 12.4. The van der Waals surface area contributed by atoms with Crippen molar-refractivity contribution in [3.8, 4) is 0 Å². The fourth-order valence-corrected chi connectivity index (χ4v) is 5.80. The van der Waals surface area contributed by atoms with Gasteiger partial charge in [0.2, 0.25) is 5.82 Å². The van der Waals surface area contributed by atoms with Gasteiger partial charge in [0.15, 0.2) is 5.65 Å². The van der Waals surface area contributed by atoms with E-state index in [-0.39, 0.29) is 42.7 Å². The van der Waals surface area contributed by atoms with Gasteiger partial charge in [0, 0.05) is 29.4 Å². The lowest BCUT2D eigenvalue weighted by Crippen LogP contribution is -2.83. The predicted octanol–water partition coefficient (Wildman–Crippen LogP) is -0.0705. The number of carbonyl (C=O) groups excluding carboxylic acids is 2. The number of amides is 3. The first kappa shape index (κ1) is 36.2. The summed E-state index contributed by atoms with van der Waals surface area (Å²) in [6.45, 7) is 5.61. The summed E-state index contributed by atoms with van der Waals surface area (Å²) in [6.07, 6.45) is -0.906. The van der Waals surface area contributed by atoms with Crippen molar-refractivity contribution in [2.24, 2.45) is 5.41 Å². The maximum absolute atomic E-state index is 15.7. The SMILES string of the molecule is BC1(B)NC(=O)N([C@H](COC)c2cnn3cc([C@H](CCC(C)(C)C(F)(F)F)NC(=O)c4ncnn4C(C)C)nc3c2)C(B)(B)C1(F)F. The van der Waals surface area contributed by atoms with Crippen molar-refractivity contribution in [2.45, 2.75) is 81.4 Å². The molecule has 1 aliphatic rings. The number of methoxy groups -OCH3 is 1. The van der Waals surface area contributed by atoms with Gasteiger partial charge >= 0.3 is 12.2 Å². The summed E-state index contributed by atoms with van der Waals surface area (Å²) in [5.74, 6) is -4.04. The van der Waals surface area contributed by atoms with Crippen molar-refractivity contribution in [1.82, 2.24) is 44.9 Å². The zero-order valence-corrected chi connectivity index (χ0v) is 27.9. The molecule has 0 aromatic carbocycles. The Morgan fingerprint density at radius 1 is 1.15 bits per heavy atom. The van der Waals surface area contributed by atoms with Crippen LogP contribution in [0.1, 0.15) is 80.5 Å². The van der Waals surface area contributed by atoms with Crippen LogP contribution in [0, 0.1) is 5.41 Å². The normalized spacial score (nSPS) is 19.0. The van der Waals surface area contributed by atoms with Crippen LogP contribution in [0.5, 0.6) is 0 Å². The van der Waals surface area contributed by atoms with Crippen LogP contribution in [0.3, 0.4) is 0 Å². The second-order valence-electron chi connectivity index (χ2n) is 13.9. The molecule has 3 aromatic heterocycles. The van der Waals surface area contributed by atoms with Crippen molar-refractivity contribution in [3.63, 3.8) is 0 Å². The van der Waals surface area contributed by atoms with E-state index >= 15 is 8.78 Å². The minimum absolute atomic E-state index is 0.0194. The maximum Gasteiger partial charge on any atom is 0.393 e. The largest absolute Gasteiger partial charge is 0.393 e. The number of imidazole rings is 1. The number of nitrogens with one attached hydrogen (secondary N) is 2. The number of rotatable bonds is 11. The predicted molar refractivity (Wildman–Crippen MR) is 172 cm³/mol. The fourth-order valence-electron chi connectivity index (χ4n) is 5.80. The van der Waals surface area contributed by atoms with E-state index in [4.69, 9.17) is 4.74 Å². The molecule has 12 nitrogen and oxygen atoms in total. The van der Waals surface area contributed by atoms with Crippen molar-refractivity contribution >= 4 is 49.0 Å². The highest BCUT2D eigenvalue weighted by Gasteiger charge is 2.65. The molecule has 0 bridgehead atoms. The number of hydrogen-bond donors (Lipinski definition) is 2. The number of fused-ring (bicyclic) bond motifs is 1. The molecule has 2 atom stereocenters. The molecule has 1 fully saturated rings. The van der Waals surface area contributed by atoms with Crippen LogP contribution >= 0.6 is 0 Å². The van der Waals surface area contributed by atoms with E-state index in [0.717, 1.165) is 18.7 Å². The molecular weight excluding hydrogens is 625 g/mol. The molecule has 0 spiro atoms. The summed E-state index contributed by atoms with van der Waals surface area (Å²) in [4.78, 5) is 36.2. The molecule has 2 N–H and O–H groups in total. The first-order valence-electron chi connectivity index (χ1n) is 15.2. The van der Waals surface area contributed by atoms with E-state index in [0.29, 0.717) is 5.56 Å². The molecule has 0 unspecified atom stereocenters. The molecule has 4 rings (SSSR count). The highest BCUT2D eigenvalue weighted by molar-refractivity contribution is 6.48. The fraction of sp³-hybridized carbons (Fsp3) is 0.615. The molecule has 0 radical (unpaired) electrons. The summed E-state index contributed by atoms with van der Waals surface area (Å²) in [5, 5.41) is 9.81. The van der Waals surface area contributed by atoms with Gasteiger partial charge in [-0.2, -0.15) is 23.4 Å². The summed E-state index contributed by atoms with van der Waals surface area (Å²) in [5.41, 5.74) is -1.31. The van der Waals surface area contributed by atoms with Gasteiger partial charge in [0.25, 0.3) is 11.8 Å². The Balaban J connectivity index is 1.73. The van der Waals surface area contributed by atoms with Crippen LogP contribution in [-0.4, -0.2) is 114 Å². The lowest BCUT2D eigenvalue weighted by molar-refractivity contribution is -0.214. The van der Waals surface area contributed by atoms with Crippen molar-refractivity contribution < 1.29 is 36.3 Å². The van der Waals surface area contributed by atoms with Crippen molar-refractivity contribution in [1.29, 1.82) is 0 Å². The zero-order valence-electron chi connectivity index (χ0n) is 27.9. The molecule has 21 heteroatoms. The average molecular weight is 663 g/mol. The molecule has 0 saturated carbocycles. The van der Waals surface area contributed by atoms with Crippen LogP contribution in [-0.2, 0) is 4.74 Å². The average Bonchev–Trinajstić information content (AvgIpc) is 3.60. The standard InChI is InChI=1S/C26H38B4F5N9O3/c1-13(2)44-19(36-12-38-44)20(45)40-15(6-7-22(3,4)26(33,34)35)16-10-42-18(39-16)8-14(9-37-42)17(11-47-5)43-21(46)41-24(27,28)23(31,32)25(43,29)30/h8-10,12-13,15,17H,6-7,11,27-30H2,1-5H3,(H,40,45)(H,41,46)/t15-,17+/m0/s1. The minimum atomic E-state index is -4.49. The minimum Gasteiger partial charge on any atom is -0.382 e. The number of ether oxygens (including phenoxy) is 1. The van der Waals surface area contributed by atoms with Gasteiger partial charge in [-0.25, -0.2) is 32.7 Å². The molecule has 252 valence electrons. The van der Waals surface area contributed by atoms with Crippen LogP contribution in [0.2, 0.25) is 0 Å². The van der Waals surface area contributed by atoms with E-state index in [2.05, 4.69) is 30.8 Å². The maximum atomic E-state index is 15.7. The van der Waals surface area contributed by atoms with Crippen LogP contribution < -0.4 is 10.6 Å². The quantitative estimate of drug-likeness (QED) is 0.217. The Kier molecular flexibility index (Phi) is 9.58. The summed E-state index contributed by atoms with van der Waals surface area (Å²) < 4.78 is 80.8. The number of carbonyl (C=O) groups is 2. The third-order valence-electron chi connectivity index (χ3n) is 8.93. The molecule has 1 saturated heterocycles. The number of alkyl halides is 5. The van der Waals surface area contributed by atoms with Gasteiger partial charge in [-0.3, -0.25) is 4.79 Å². The molecule has 3 amide bonds. The number of nitrogens with zero attached hydrogens (tertiary/aromatic N) is 7. The van der Waals surface area contributed by atoms with E-state index in [1.165, 1.54) is 72.5 Å². The highest BCUT2D eigenvalue weighted by atomic mass is 19.4. The Hall–Kier alpha value is -3.63. The number of urea groups is 1. The van der Waals surface area contributed by atoms with Crippen molar-refractivity contribution in [2.75, 3.05) is 13.7 Å². The van der Waals surface area contributed by atoms with E-state index in [1.54, 1.807) is 13.8 Å². The second-order valence-corrected chi connectivity index (χ2v) is 13.9. The first-order valence-corrected chi connectivity index (χ1v) is 15.2. The van der Waals surface area contributed by atoms with Gasteiger partial charge in [-0.1, -0.05) is 13.8 Å². The van der Waals surface area contributed by atoms with E-state index in [9.17, 15) is 22.8 Å². The summed E-state index contributed by atoms with van der Waals surface area (Å²) in [6, 6.07) is -1.40.